The molecule has 8 aromatic rings. The van der Waals surface area contributed by atoms with Crippen LogP contribution in [0.4, 0.5) is 17.1 Å². The van der Waals surface area contributed by atoms with Crippen molar-refractivity contribution in [3.63, 3.8) is 0 Å². The van der Waals surface area contributed by atoms with E-state index in [2.05, 4.69) is 180 Å². The number of aryl methyl sites for hydroxylation is 2. The molecule has 0 amide bonds. The molecule has 3 heteroatoms. The van der Waals surface area contributed by atoms with Crippen molar-refractivity contribution in [2.24, 2.45) is 0 Å². The van der Waals surface area contributed by atoms with Crippen molar-refractivity contribution in [1.29, 1.82) is 0 Å². The first-order chi connectivity index (χ1) is 21.2. The number of fused-ring (bicyclic) bond motifs is 5. The molecular weight excluding hydrogens is 522 g/mol. The molecule has 2 aromatic heterocycles. The Morgan fingerprint density at radius 1 is 0.442 bits per heavy atom. The van der Waals surface area contributed by atoms with Crippen LogP contribution >= 0.6 is 0 Å². The number of anilines is 3. The average molecular weight is 554 g/mol. The summed E-state index contributed by atoms with van der Waals surface area (Å²) in [6, 6.07) is 52.6. The van der Waals surface area contributed by atoms with Gasteiger partial charge in [-0.1, -0.05) is 77.9 Å². The second-order valence-corrected chi connectivity index (χ2v) is 11.3. The molecule has 43 heavy (non-hydrogen) atoms. The molecule has 2 heterocycles. The number of benzene rings is 6. The van der Waals surface area contributed by atoms with E-state index in [0.29, 0.717) is 0 Å². The predicted octanol–water partition coefficient (Wildman–Crippen LogP) is 10.8. The zero-order valence-corrected chi connectivity index (χ0v) is 24.3. The van der Waals surface area contributed by atoms with E-state index in [0.717, 1.165) is 22.7 Å². The van der Waals surface area contributed by atoms with Crippen LogP contribution in [0.2, 0.25) is 0 Å². The maximum atomic E-state index is 2.41. The van der Waals surface area contributed by atoms with Gasteiger partial charge < -0.3 is 14.0 Å². The highest BCUT2D eigenvalue weighted by molar-refractivity contribution is 6.21. The minimum atomic E-state index is 1.12. The van der Waals surface area contributed by atoms with E-state index in [-0.39, 0.29) is 0 Å². The first kappa shape index (κ1) is 25.2. The van der Waals surface area contributed by atoms with Crippen LogP contribution in [-0.4, -0.2) is 9.13 Å². The van der Waals surface area contributed by atoms with Gasteiger partial charge in [0, 0.05) is 50.8 Å². The molecule has 0 aliphatic rings. The van der Waals surface area contributed by atoms with Crippen LogP contribution in [0, 0.1) is 13.8 Å². The summed E-state index contributed by atoms with van der Waals surface area (Å²) in [6.45, 7) is 4.27. The molecule has 0 aliphatic carbocycles. The van der Waals surface area contributed by atoms with Crippen LogP contribution in [0.1, 0.15) is 11.1 Å². The minimum absolute atomic E-state index is 1.12. The first-order valence-corrected chi connectivity index (χ1v) is 14.8. The summed E-state index contributed by atoms with van der Waals surface area (Å²) in [5, 5.41) is 3.80. The van der Waals surface area contributed by atoms with Gasteiger partial charge in [-0.2, -0.15) is 0 Å². The Labute approximate surface area is 251 Å². The third-order valence-electron chi connectivity index (χ3n) is 8.47. The Bertz CT molecular complexity index is 2190. The lowest BCUT2D eigenvalue weighted by atomic mass is 10.1. The molecule has 0 unspecified atom stereocenters. The van der Waals surface area contributed by atoms with Crippen LogP contribution in [0.15, 0.2) is 152 Å². The van der Waals surface area contributed by atoms with Crippen LogP contribution in [0.25, 0.3) is 44.1 Å². The van der Waals surface area contributed by atoms with E-state index in [1.165, 1.54) is 49.5 Å². The van der Waals surface area contributed by atoms with Crippen LogP contribution in [0.5, 0.6) is 0 Å². The van der Waals surface area contributed by atoms with Crippen LogP contribution in [-0.2, 0) is 0 Å². The molecule has 0 saturated carbocycles. The van der Waals surface area contributed by atoms with E-state index in [4.69, 9.17) is 0 Å². The van der Waals surface area contributed by atoms with Gasteiger partial charge in [-0.3, -0.25) is 0 Å². The highest BCUT2D eigenvalue weighted by atomic mass is 15.1. The van der Waals surface area contributed by atoms with Crippen LogP contribution < -0.4 is 4.90 Å². The van der Waals surface area contributed by atoms with Crippen molar-refractivity contribution in [3.05, 3.63) is 163 Å². The number of nitrogens with zero attached hydrogens (tertiary/aromatic N) is 3. The second-order valence-electron chi connectivity index (χ2n) is 11.3. The number of rotatable bonds is 5. The molecule has 0 spiro atoms. The number of hydrogen-bond donors (Lipinski definition) is 0. The van der Waals surface area contributed by atoms with E-state index in [1.54, 1.807) is 0 Å². The third-order valence-corrected chi connectivity index (χ3v) is 8.47. The average Bonchev–Trinajstić information content (AvgIpc) is 3.63. The molecule has 6 aromatic carbocycles. The lowest BCUT2D eigenvalue weighted by Crippen LogP contribution is -2.10. The minimum Gasteiger partial charge on any atom is -0.317 e. The van der Waals surface area contributed by atoms with Crippen LogP contribution in [0.3, 0.4) is 0 Å². The Hall–Kier alpha value is -5.54. The molecule has 8 rings (SSSR count). The summed E-state index contributed by atoms with van der Waals surface area (Å²) in [5.74, 6) is 0. The fourth-order valence-corrected chi connectivity index (χ4v) is 6.38. The van der Waals surface area contributed by atoms with E-state index >= 15 is 0 Å². The number of aromatic nitrogens is 2. The molecule has 206 valence electrons. The summed E-state index contributed by atoms with van der Waals surface area (Å²) >= 11 is 0. The first-order valence-electron chi connectivity index (χ1n) is 14.8. The normalized spacial score (nSPS) is 11.5. The van der Waals surface area contributed by atoms with E-state index in [1.807, 2.05) is 0 Å². The zero-order chi connectivity index (χ0) is 28.9. The van der Waals surface area contributed by atoms with Gasteiger partial charge in [0.25, 0.3) is 0 Å². The molecule has 3 nitrogen and oxygen atoms in total. The van der Waals surface area contributed by atoms with E-state index in [9.17, 15) is 0 Å². The molecule has 0 bridgehead atoms. The van der Waals surface area contributed by atoms with Crippen molar-refractivity contribution in [3.8, 4) is 11.4 Å². The SMILES string of the molecule is Cc1ccc(N(c2ccc(C)cc2)c2cccc(-n3c4ccccc4c4c5ccn(-c6ccccc6)c5ccc43)c2)cc1. The topological polar surface area (TPSA) is 13.1 Å². The maximum Gasteiger partial charge on any atom is 0.0548 e. The smallest absolute Gasteiger partial charge is 0.0548 e. The quantitative estimate of drug-likeness (QED) is 0.207. The van der Waals surface area contributed by atoms with Gasteiger partial charge in [0.2, 0.25) is 0 Å². The summed E-state index contributed by atoms with van der Waals surface area (Å²) in [7, 11) is 0. The molecule has 0 N–H and O–H groups in total. The lowest BCUT2D eigenvalue weighted by molar-refractivity contribution is 1.13. The third kappa shape index (κ3) is 4.21. The Morgan fingerprint density at radius 3 is 1.77 bits per heavy atom. The zero-order valence-electron chi connectivity index (χ0n) is 24.3. The van der Waals surface area contributed by atoms with Gasteiger partial charge in [0.15, 0.2) is 0 Å². The number of para-hydroxylation sites is 2. The summed E-state index contributed by atoms with van der Waals surface area (Å²) in [4.78, 5) is 2.34. The van der Waals surface area contributed by atoms with E-state index < -0.39 is 0 Å². The predicted molar refractivity (Wildman–Crippen MR) is 182 cm³/mol. The molecule has 0 fully saturated rings. The molecule has 0 saturated heterocycles. The fraction of sp³-hybridized carbons (Fsp3) is 0.0500. The fourth-order valence-electron chi connectivity index (χ4n) is 6.38. The molecular formula is C40H31N3. The van der Waals surface area contributed by atoms with Crippen molar-refractivity contribution in [2.45, 2.75) is 13.8 Å². The maximum absolute atomic E-state index is 2.41. The lowest BCUT2D eigenvalue weighted by Gasteiger charge is -2.26. The van der Waals surface area contributed by atoms with Crippen molar-refractivity contribution in [1.82, 2.24) is 9.13 Å². The number of hydrogen-bond acceptors (Lipinski definition) is 1. The Morgan fingerprint density at radius 2 is 1.05 bits per heavy atom. The molecule has 0 aliphatic heterocycles. The van der Waals surface area contributed by atoms with Gasteiger partial charge in [-0.05, 0) is 92.7 Å². The monoisotopic (exact) mass is 553 g/mol. The Kier molecular flexibility index (Phi) is 5.90. The van der Waals surface area contributed by atoms with Gasteiger partial charge >= 0.3 is 0 Å². The molecule has 0 atom stereocenters. The Balaban J connectivity index is 1.35. The summed E-state index contributed by atoms with van der Waals surface area (Å²) in [6.07, 6.45) is 2.19. The van der Waals surface area contributed by atoms with Crippen molar-refractivity contribution in [2.75, 3.05) is 4.90 Å². The summed E-state index contributed by atoms with van der Waals surface area (Å²) in [5.41, 5.74) is 11.8. The standard InChI is InChI=1S/C40H31N3/c1-28-15-19-31(20-16-28)42(32-21-17-29(2)18-22-32)33-11-8-12-34(27-33)43-38-14-7-6-13-35(38)40-36-25-26-41(30-9-4-3-5-10-30)37(36)23-24-39(40)43/h3-27H,1-2H3. The van der Waals surface area contributed by atoms with Crippen molar-refractivity contribution >= 4 is 49.8 Å². The summed E-state index contributed by atoms with van der Waals surface area (Å²) < 4.78 is 4.69. The van der Waals surface area contributed by atoms with Gasteiger partial charge in [0.05, 0.1) is 16.6 Å². The highest BCUT2D eigenvalue weighted by Gasteiger charge is 2.18. The van der Waals surface area contributed by atoms with Gasteiger partial charge in [-0.25, -0.2) is 0 Å². The molecule has 0 radical (unpaired) electrons. The largest absolute Gasteiger partial charge is 0.317 e. The van der Waals surface area contributed by atoms with Crippen molar-refractivity contribution < 1.29 is 0 Å². The highest BCUT2D eigenvalue weighted by Crippen LogP contribution is 2.40. The van der Waals surface area contributed by atoms with Gasteiger partial charge in [-0.15, -0.1) is 0 Å². The second kappa shape index (κ2) is 10.1. The van der Waals surface area contributed by atoms with Gasteiger partial charge in [0.1, 0.15) is 0 Å².